The zero-order chi connectivity index (χ0) is 40.5. The molecular weight excluding hydrogens is 717 g/mol. The molecule has 0 aliphatic carbocycles. The number of carboxylic acids is 1. The zero-order valence-corrected chi connectivity index (χ0v) is 36.4. The van der Waals surface area contributed by atoms with Crippen molar-refractivity contribution < 1.29 is 42.7 Å². The van der Waals surface area contributed by atoms with E-state index in [-0.39, 0.29) is 13.0 Å². The second-order valence-corrected chi connectivity index (χ2v) is 17.0. The van der Waals surface area contributed by atoms with Crippen molar-refractivity contribution in [3.05, 3.63) is 12.2 Å². The second-order valence-electron chi connectivity index (χ2n) is 15.5. The number of carbonyl (C=O) groups excluding carboxylic acids is 1. The van der Waals surface area contributed by atoms with Crippen LogP contribution in [0.4, 0.5) is 0 Å². The highest BCUT2D eigenvalue weighted by atomic mass is 31.2. The number of phosphoric ester groups is 1. The van der Waals surface area contributed by atoms with E-state index in [2.05, 4.69) is 26.0 Å². The minimum absolute atomic E-state index is 0.0193. The fourth-order valence-corrected chi connectivity index (χ4v) is 7.25. The second kappa shape index (κ2) is 40.9. The van der Waals surface area contributed by atoms with Crippen LogP contribution in [0.2, 0.25) is 0 Å². The molecule has 0 fully saturated rings. The van der Waals surface area contributed by atoms with Crippen molar-refractivity contribution in [2.45, 2.75) is 231 Å². The first-order chi connectivity index (χ1) is 26.7. The number of rotatable bonds is 44. The third-order valence-corrected chi connectivity index (χ3v) is 11.0. The Morgan fingerprint density at radius 3 is 1.44 bits per heavy atom. The molecule has 0 radical (unpaired) electrons. The number of aliphatic carboxylic acids is 1. The SMILES string of the molecule is CCCC/C=C\CCCCCCCC(=O)OC(COCCCCCCCCCCCCCCCCCCCCCCCC)COP(=O)(O)OCC(N)C(=O)O. The zero-order valence-electron chi connectivity index (χ0n) is 35.5. The van der Waals surface area contributed by atoms with Crippen molar-refractivity contribution in [3.8, 4) is 0 Å². The van der Waals surface area contributed by atoms with Crippen LogP contribution in [0.5, 0.6) is 0 Å². The lowest BCUT2D eigenvalue weighted by atomic mass is 10.0. The van der Waals surface area contributed by atoms with E-state index in [4.69, 9.17) is 29.4 Å². The Balaban J connectivity index is 4.07. The molecule has 0 aromatic carbocycles. The summed E-state index contributed by atoms with van der Waals surface area (Å²) in [7, 11) is -4.61. The van der Waals surface area contributed by atoms with Crippen molar-refractivity contribution in [1.82, 2.24) is 0 Å². The molecule has 55 heavy (non-hydrogen) atoms. The van der Waals surface area contributed by atoms with E-state index in [1.807, 2.05) is 0 Å². The van der Waals surface area contributed by atoms with Gasteiger partial charge in [0.1, 0.15) is 12.1 Å². The number of unbranched alkanes of at least 4 members (excludes halogenated alkanes) is 28. The summed E-state index contributed by atoms with van der Waals surface area (Å²) in [4.78, 5) is 33.5. The van der Waals surface area contributed by atoms with Gasteiger partial charge < -0.3 is 25.2 Å². The summed E-state index contributed by atoms with van der Waals surface area (Å²) >= 11 is 0. The number of carbonyl (C=O) groups is 2. The van der Waals surface area contributed by atoms with Crippen molar-refractivity contribution in [2.24, 2.45) is 5.73 Å². The largest absolute Gasteiger partial charge is 0.480 e. The molecule has 0 amide bonds. The van der Waals surface area contributed by atoms with Gasteiger partial charge in [0, 0.05) is 13.0 Å². The number of esters is 1. The predicted molar refractivity (Wildman–Crippen MR) is 226 cm³/mol. The highest BCUT2D eigenvalue weighted by Crippen LogP contribution is 2.43. The Hall–Kier alpha value is -1.29. The van der Waals surface area contributed by atoms with Crippen LogP contribution in [0.3, 0.4) is 0 Å². The molecule has 0 spiro atoms. The van der Waals surface area contributed by atoms with Crippen LogP contribution >= 0.6 is 7.82 Å². The van der Waals surface area contributed by atoms with Crippen LogP contribution in [0.25, 0.3) is 0 Å². The Morgan fingerprint density at radius 2 is 0.964 bits per heavy atom. The van der Waals surface area contributed by atoms with E-state index in [0.717, 1.165) is 57.8 Å². The first-order valence-electron chi connectivity index (χ1n) is 22.7. The Labute approximate surface area is 337 Å². The Morgan fingerprint density at radius 1 is 0.564 bits per heavy atom. The first-order valence-corrected chi connectivity index (χ1v) is 24.2. The van der Waals surface area contributed by atoms with Gasteiger partial charge >= 0.3 is 19.8 Å². The standard InChI is InChI=1S/C44H86NO9P/c1-3-5-7-9-11-13-15-16-17-18-19-20-21-22-23-24-25-27-29-31-33-35-37-51-38-41(39-52-55(49,50)53-40-42(45)44(47)48)54-43(46)36-34-32-30-28-26-14-12-10-8-6-4-2/h10,12,41-42H,3-9,11,13-40,45H2,1-2H3,(H,47,48)(H,49,50)/b12-10-. The molecule has 0 aliphatic rings. The lowest BCUT2D eigenvalue weighted by Gasteiger charge is -2.20. The number of ether oxygens (including phenoxy) is 2. The van der Waals surface area contributed by atoms with Crippen LogP contribution in [0.1, 0.15) is 219 Å². The molecule has 0 saturated heterocycles. The number of hydrogen-bond donors (Lipinski definition) is 3. The maximum Gasteiger partial charge on any atom is 0.472 e. The average Bonchev–Trinajstić information content (AvgIpc) is 3.16. The molecule has 3 unspecified atom stereocenters. The van der Waals surface area contributed by atoms with Crippen molar-refractivity contribution in [1.29, 1.82) is 0 Å². The first kappa shape index (κ1) is 53.7. The molecule has 0 rings (SSSR count). The molecule has 0 aliphatic heterocycles. The van der Waals surface area contributed by atoms with Crippen LogP contribution in [0.15, 0.2) is 12.2 Å². The van der Waals surface area contributed by atoms with E-state index in [0.29, 0.717) is 13.0 Å². The van der Waals surface area contributed by atoms with E-state index in [1.165, 1.54) is 135 Å². The lowest BCUT2D eigenvalue weighted by molar-refractivity contribution is -0.154. The van der Waals surface area contributed by atoms with Gasteiger partial charge in [0.2, 0.25) is 0 Å². The van der Waals surface area contributed by atoms with Crippen LogP contribution in [0, 0.1) is 0 Å². The normalized spacial score (nSPS) is 14.0. The van der Waals surface area contributed by atoms with Gasteiger partial charge in [-0.15, -0.1) is 0 Å². The number of carboxylic acid groups (broad SMARTS) is 1. The monoisotopic (exact) mass is 804 g/mol. The van der Waals surface area contributed by atoms with Gasteiger partial charge in [0.25, 0.3) is 0 Å². The summed E-state index contributed by atoms with van der Waals surface area (Å²) < 4.78 is 33.3. The Kier molecular flexibility index (Phi) is 39.9. The van der Waals surface area contributed by atoms with Gasteiger partial charge in [0.05, 0.1) is 19.8 Å². The van der Waals surface area contributed by atoms with Crippen LogP contribution in [-0.4, -0.2) is 60.5 Å². The van der Waals surface area contributed by atoms with Gasteiger partial charge in [0.15, 0.2) is 0 Å². The molecule has 0 aromatic rings. The molecule has 0 heterocycles. The molecule has 0 bridgehead atoms. The maximum absolute atomic E-state index is 12.6. The van der Waals surface area contributed by atoms with E-state index >= 15 is 0 Å². The Bertz CT molecular complexity index is 935. The number of nitrogens with two attached hydrogens (primary N) is 1. The molecular formula is C44H86NO9P. The summed E-state index contributed by atoms with van der Waals surface area (Å²) in [5.74, 6) is -1.78. The molecule has 4 N–H and O–H groups in total. The van der Waals surface area contributed by atoms with Crippen molar-refractivity contribution in [3.63, 3.8) is 0 Å². The minimum Gasteiger partial charge on any atom is -0.480 e. The molecule has 11 heteroatoms. The average molecular weight is 804 g/mol. The van der Waals surface area contributed by atoms with Gasteiger partial charge in [-0.2, -0.15) is 0 Å². The van der Waals surface area contributed by atoms with Gasteiger partial charge in [-0.3, -0.25) is 18.6 Å². The van der Waals surface area contributed by atoms with E-state index in [9.17, 15) is 19.0 Å². The fraction of sp³-hybridized carbons (Fsp3) is 0.909. The molecule has 0 saturated carbocycles. The molecule has 10 nitrogen and oxygen atoms in total. The van der Waals surface area contributed by atoms with Crippen LogP contribution in [-0.2, 0) is 32.7 Å². The highest BCUT2D eigenvalue weighted by molar-refractivity contribution is 7.47. The number of hydrogen-bond acceptors (Lipinski definition) is 8. The minimum atomic E-state index is -4.61. The third kappa shape index (κ3) is 40.7. The smallest absolute Gasteiger partial charge is 0.472 e. The van der Waals surface area contributed by atoms with Crippen LogP contribution < -0.4 is 5.73 Å². The third-order valence-electron chi connectivity index (χ3n) is 10.0. The lowest BCUT2D eigenvalue weighted by Crippen LogP contribution is -2.34. The fourth-order valence-electron chi connectivity index (χ4n) is 6.47. The van der Waals surface area contributed by atoms with E-state index in [1.54, 1.807) is 0 Å². The number of allylic oxidation sites excluding steroid dienone is 2. The molecule has 0 aromatic heterocycles. The summed E-state index contributed by atoms with van der Waals surface area (Å²) in [5.41, 5.74) is 5.35. The van der Waals surface area contributed by atoms with E-state index < -0.39 is 45.1 Å². The quantitative estimate of drug-likeness (QED) is 0.0235. The van der Waals surface area contributed by atoms with Gasteiger partial charge in [-0.1, -0.05) is 193 Å². The maximum atomic E-state index is 12.6. The summed E-state index contributed by atoms with van der Waals surface area (Å²) in [5, 5.41) is 8.89. The predicted octanol–water partition coefficient (Wildman–Crippen LogP) is 12.5. The molecule has 326 valence electrons. The van der Waals surface area contributed by atoms with Crippen molar-refractivity contribution in [2.75, 3.05) is 26.4 Å². The number of phosphoric acid groups is 1. The summed E-state index contributed by atoms with van der Waals surface area (Å²) in [6, 6.07) is -1.47. The van der Waals surface area contributed by atoms with Gasteiger partial charge in [-0.25, -0.2) is 4.57 Å². The molecule has 3 atom stereocenters. The summed E-state index contributed by atoms with van der Waals surface area (Å²) in [6.07, 6.45) is 42.8. The van der Waals surface area contributed by atoms with Gasteiger partial charge in [-0.05, 0) is 32.1 Å². The van der Waals surface area contributed by atoms with Crippen molar-refractivity contribution >= 4 is 19.8 Å². The highest BCUT2D eigenvalue weighted by Gasteiger charge is 2.27. The summed E-state index contributed by atoms with van der Waals surface area (Å²) in [6.45, 7) is 3.86. The topological polar surface area (TPSA) is 155 Å².